The quantitative estimate of drug-likeness (QED) is 0.710. The molecule has 66 valence electrons. The van der Waals surface area contributed by atoms with Gasteiger partial charge in [0, 0.05) is 6.20 Å². The van der Waals surface area contributed by atoms with Crippen molar-refractivity contribution < 1.29 is 9.21 Å². The van der Waals surface area contributed by atoms with Gasteiger partial charge in [-0.3, -0.25) is 9.78 Å². The minimum atomic E-state index is -0.505. The zero-order chi connectivity index (χ0) is 9.42. The van der Waals surface area contributed by atoms with E-state index in [1.54, 1.807) is 25.3 Å². The van der Waals surface area contributed by atoms with E-state index in [2.05, 4.69) is 4.98 Å². The molecule has 0 aliphatic rings. The van der Waals surface area contributed by atoms with Crippen molar-refractivity contribution >= 4 is 17.0 Å². The standard InChI is InChI=1S/C9H8N2O2/c1-5-7(9(10)12)8-6(13-5)3-2-4-11-8/h2-4H,1H3,(H2,10,12). The lowest BCUT2D eigenvalue weighted by molar-refractivity contribution is 0.1000. The zero-order valence-corrected chi connectivity index (χ0v) is 7.07. The van der Waals surface area contributed by atoms with Crippen molar-refractivity contribution in [1.29, 1.82) is 0 Å². The van der Waals surface area contributed by atoms with Crippen LogP contribution in [-0.4, -0.2) is 10.9 Å². The van der Waals surface area contributed by atoms with Crippen LogP contribution in [-0.2, 0) is 0 Å². The van der Waals surface area contributed by atoms with E-state index >= 15 is 0 Å². The number of carbonyl (C=O) groups excluding carboxylic acids is 1. The molecule has 4 heteroatoms. The van der Waals surface area contributed by atoms with E-state index in [1.807, 2.05) is 0 Å². The van der Waals surface area contributed by atoms with Crippen LogP contribution in [0.2, 0.25) is 0 Å². The third-order valence-electron chi connectivity index (χ3n) is 1.87. The fraction of sp³-hybridized carbons (Fsp3) is 0.111. The Morgan fingerprint density at radius 3 is 3.08 bits per heavy atom. The van der Waals surface area contributed by atoms with Crippen LogP contribution >= 0.6 is 0 Å². The Balaban J connectivity index is 2.86. The molecule has 0 aromatic carbocycles. The highest BCUT2D eigenvalue weighted by molar-refractivity contribution is 6.04. The second-order valence-corrected chi connectivity index (χ2v) is 2.75. The first-order valence-electron chi connectivity index (χ1n) is 3.84. The van der Waals surface area contributed by atoms with Crippen molar-refractivity contribution in [2.24, 2.45) is 5.73 Å². The number of pyridine rings is 1. The highest BCUT2D eigenvalue weighted by Gasteiger charge is 2.15. The molecule has 0 saturated carbocycles. The molecule has 2 rings (SSSR count). The van der Waals surface area contributed by atoms with E-state index in [9.17, 15) is 4.79 Å². The highest BCUT2D eigenvalue weighted by atomic mass is 16.3. The smallest absolute Gasteiger partial charge is 0.254 e. The van der Waals surface area contributed by atoms with Gasteiger partial charge in [-0.05, 0) is 19.1 Å². The Morgan fingerprint density at radius 1 is 1.62 bits per heavy atom. The molecule has 0 unspecified atom stereocenters. The van der Waals surface area contributed by atoms with E-state index in [1.165, 1.54) is 0 Å². The molecule has 2 aromatic rings. The minimum Gasteiger partial charge on any atom is -0.459 e. The summed E-state index contributed by atoms with van der Waals surface area (Å²) in [6.07, 6.45) is 1.60. The molecule has 0 atom stereocenters. The third-order valence-corrected chi connectivity index (χ3v) is 1.87. The van der Waals surface area contributed by atoms with E-state index < -0.39 is 5.91 Å². The van der Waals surface area contributed by atoms with Crippen molar-refractivity contribution in [3.8, 4) is 0 Å². The number of hydrogen-bond acceptors (Lipinski definition) is 3. The van der Waals surface area contributed by atoms with Gasteiger partial charge in [-0.15, -0.1) is 0 Å². The summed E-state index contributed by atoms with van der Waals surface area (Å²) in [5, 5.41) is 0. The maximum Gasteiger partial charge on any atom is 0.254 e. The van der Waals surface area contributed by atoms with Crippen LogP contribution < -0.4 is 5.73 Å². The van der Waals surface area contributed by atoms with E-state index in [4.69, 9.17) is 10.2 Å². The van der Waals surface area contributed by atoms with Gasteiger partial charge in [0.15, 0.2) is 5.58 Å². The van der Waals surface area contributed by atoms with E-state index in [0.29, 0.717) is 22.4 Å². The average molecular weight is 176 g/mol. The third kappa shape index (κ3) is 1.07. The summed E-state index contributed by atoms with van der Waals surface area (Å²) in [6.45, 7) is 1.70. The molecule has 2 aromatic heterocycles. The van der Waals surface area contributed by atoms with Gasteiger partial charge in [0.25, 0.3) is 5.91 Å². The second-order valence-electron chi connectivity index (χ2n) is 2.75. The molecule has 0 aliphatic carbocycles. The summed E-state index contributed by atoms with van der Waals surface area (Å²) in [4.78, 5) is 15.0. The van der Waals surface area contributed by atoms with Crippen molar-refractivity contribution in [2.75, 3.05) is 0 Å². The first-order chi connectivity index (χ1) is 6.20. The second kappa shape index (κ2) is 2.58. The number of carbonyl (C=O) groups is 1. The van der Waals surface area contributed by atoms with Crippen molar-refractivity contribution in [2.45, 2.75) is 6.92 Å². The highest BCUT2D eigenvalue weighted by Crippen LogP contribution is 2.22. The molecule has 2 N–H and O–H groups in total. The monoisotopic (exact) mass is 176 g/mol. The van der Waals surface area contributed by atoms with Gasteiger partial charge < -0.3 is 10.2 Å². The number of primary amides is 1. The van der Waals surface area contributed by atoms with Crippen molar-refractivity contribution in [3.05, 3.63) is 29.7 Å². The summed E-state index contributed by atoms with van der Waals surface area (Å²) in [5.41, 5.74) is 6.68. The number of nitrogens with two attached hydrogens (primary N) is 1. The van der Waals surface area contributed by atoms with Crippen molar-refractivity contribution in [3.63, 3.8) is 0 Å². The zero-order valence-electron chi connectivity index (χ0n) is 7.07. The summed E-state index contributed by atoms with van der Waals surface area (Å²) >= 11 is 0. The Labute approximate surface area is 74.4 Å². The fourth-order valence-electron chi connectivity index (χ4n) is 1.33. The minimum absolute atomic E-state index is 0.371. The maximum atomic E-state index is 11.0. The Hall–Kier alpha value is -1.84. The van der Waals surface area contributed by atoms with E-state index in [-0.39, 0.29) is 0 Å². The molecule has 0 bridgehead atoms. The van der Waals surface area contributed by atoms with Gasteiger partial charge in [0.05, 0.1) is 0 Å². The number of aromatic nitrogens is 1. The largest absolute Gasteiger partial charge is 0.459 e. The Kier molecular flexibility index (Phi) is 1.55. The Bertz CT molecular complexity index is 473. The van der Waals surface area contributed by atoms with Crippen LogP contribution in [0, 0.1) is 6.92 Å². The van der Waals surface area contributed by atoms with Crippen molar-refractivity contribution in [1.82, 2.24) is 4.98 Å². The SMILES string of the molecule is Cc1oc2cccnc2c1C(N)=O. The fourth-order valence-corrected chi connectivity index (χ4v) is 1.33. The van der Waals surface area contributed by atoms with E-state index in [0.717, 1.165) is 0 Å². The molecular formula is C9H8N2O2. The molecular weight excluding hydrogens is 168 g/mol. The number of nitrogens with zero attached hydrogens (tertiary/aromatic N) is 1. The summed E-state index contributed by atoms with van der Waals surface area (Å²) in [5.74, 6) is 0.0103. The van der Waals surface area contributed by atoms with Gasteiger partial charge in [0.1, 0.15) is 16.8 Å². The number of amides is 1. The molecule has 0 fully saturated rings. The number of rotatable bonds is 1. The molecule has 0 aliphatic heterocycles. The van der Waals surface area contributed by atoms with Gasteiger partial charge in [-0.2, -0.15) is 0 Å². The number of fused-ring (bicyclic) bond motifs is 1. The van der Waals surface area contributed by atoms with Gasteiger partial charge in [0.2, 0.25) is 0 Å². The van der Waals surface area contributed by atoms with Crippen LogP contribution in [0.25, 0.3) is 11.1 Å². The van der Waals surface area contributed by atoms with Crippen LogP contribution in [0.15, 0.2) is 22.7 Å². The van der Waals surface area contributed by atoms with Crippen LogP contribution in [0.5, 0.6) is 0 Å². The first kappa shape index (κ1) is 7.79. The molecule has 1 amide bonds. The molecule has 0 saturated heterocycles. The first-order valence-corrected chi connectivity index (χ1v) is 3.84. The maximum absolute atomic E-state index is 11.0. The number of aryl methyl sites for hydroxylation is 1. The Morgan fingerprint density at radius 2 is 2.38 bits per heavy atom. The molecule has 13 heavy (non-hydrogen) atoms. The lowest BCUT2D eigenvalue weighted by atomic mass is 10.2. The summed E-state index contributed by atoms with van der Waals surface area (Å²) < 4.78 is 5.30. The normalized spacial score (nSPS) is 10.5. The average Bonchev–Trinajstić information content (AvgIpc) is 2.39. The predicted octanol–water partition coefficient (Wildman–Crippen LogP) is 1.24. The lowest BCUT2D eigenvalue weighted by Gasteiger charge is -1.89. The lowest BCUT2D eigenvalue weighted by Crippen LogP contribution is -2.11. The van der Waals surface area contributed by atoms with Crippen LogP contribution in [0.1, 0.15) is 16.1 Å². The molecule has 0 spiro atoms. The summed E-state index contributed by atoms with van der Waals surface area (Å²) in [6, 6.07) is 3.50. The van der Waals surface area contributed by atoms with Gasteiger partial charge >= 0.3 is 0 Å². The molecule has 0 radical (unpaired) electrons. The van der Waals surface area contributed by atoms with Crippen LogP contribution in [0.4, 0.5) is 0 Å². The van der Waals surface area contributed by atoms with Crippen LogP contribution in [0.3, 0.4) is 0 Å². The van der Waals surface area contributed by atoms with Gasteiger partial charge in [-0.25, -0.2) is 0 Å². The number of hydrogen-bond donors (Lipinski definition) is 1. The summed E-state index contributed by atoms with van der Waals surface area (Å²) in [7, 11) is 0. The number of furan rings is 1. The predicted molar refractivity (Wildman–Crippen MR) is 47.3 cm³/mol. The molecule has 2 heterocycles. The topological polar surface area (TPSA) is 69.1 Å². The van der Waals surface area contributed by atoms with Gasteiger partial charge in [-0.1, -0.05) is 0 Å². The molecule has 4 nitrogen and oxygen atoms in total.